The predicted molar refractivity (Wildman–Crippen MR) is 215 cm³/mol. The van der Waals surface area contributed by atoms with Gasteiger partial charge in [0.15, 0.2) is 5.75 Å². The van der Waals surface area contributed by atoms with Gasteiger partial charge in [0.25, 0.3) is 0 Å². The number of hydrogen-bond donors (Lipinski definition) is 1. The summed E-state index contributed by atoms with van der Waals surface area (Å²) in [5, 5.41) is 21.9. The second kappa shape index (κ2) is 24.7. The van der Waals surface area contributed by atoms with Gasteiger partial charge in [0.1, 0.15) is 5.75 Å². The molecule has 0 amide bonds. The fourth-order valence-electron chi connectivity index (χ4n) is 6.24. The molecule has 0 heterocycles. The minimum Gasteiger partial charge on any atom is -0.494 e. The lowest BCUT2D eigenvalue weighted by Gasteiger charge is -2.16. The molecule has 1 atom stereocenters. The van der Waals surface area contributed by atoms with Crippen molar-refractivity contribution >= 4 is 11.7 Å². The lowest BCUT2D eigenvalue weighted by atomic mass is 9.92. The molecule has 0 aliphatic carbocycles. The Bertz CT molecular complexity index is 1540. The molecule has 0 aromatic heterocycles. The third kappa shape index (κ3) is 15.5. The third-order valence-corrected chi connectivity index (χ3v) is 9.30. The molecule has 282 valence electrons. The van der Waals surface area contributed by atoms with E-state index in [0.717, 1.165) is 74.7 Å². The molecular formula is C45H61NO6. The van der Waals surface area contributed by atoms with Gasteiger partial charge in [-0.05, 0) is 111 Å². The zero-order valence-electron chi connectivity index (χ0n) is 31.8. The highest BCUT2D eigenvalue weighted by Gasteiger charge is 2.21. The van der Waals surface area contributed by atoms with Gasteiger partial charge < -0.3 is 14.6 Å². The monoisotopic (exact) mass is 711 g/mol. The van der Waals surface area contributed by atoms with Crippen molar-refractivity contribution in [1.82, 2.24) is 0 Å². The van der Waals surface area contributed by atoms with Crippen LogP contribution < -0.4 is 9.47 Å². The van der Waals surface area contributed by atoms with Gasteiger partial charge >= 0.3 is 11.7 Å². The van der Waals surface area contributed by atoms with E-state index in [1.807, 2.05) is 31.2 Å². The summed E-state index contributed by atoms with van der Waals surface area (Å²) >= 11 is 0. The van der Waals surface area contributed by atoms with Crippen molar-refractivity contribution in [3.8, 4) is 33.8 Å². The molecular weight excluding hydrogens is 650 g/mol. The van der Waals surface area contributed by atoms with Crippen LogP contribution in [0.2, 0.25) is 0 Å². The first kappa shape index (κ1) is 42.0. The number of nitrogens with zero attached hydrogens (tertiary/aromatic N) is 1. The standard InChI is InChI=1S/C45H61NO6/c1-4-6-8-10-11-12-13-14-15-16-17-18-19-20-21-23-33-51-40-29-25-37(26-30-40)41-31-27-39(45(47)48)34-42(41)38-28-32-44(43(35-38)46(49)50)52-36(3)24-22-9-7-5-2/h11-12,14-15,25-32,34-36H,4-10,13,16-24,33H2,1-3H3,(H,47,48)/t36-/m0/s1. The molecule has 7 heteroatoms. The van der Waals surface area contributed by atoms with Gasteiger partial charge in [-0.15, -0.1) is 0 Å². The fourth-order valence-corrected chi connectivity index (χ4v) is 6.24. The van der Waals surface area contributed by atoms with E-state index >= 15 is 0 Å². The molecule has 0 saturated carbocycles. The first-order valence-corrected chi connectivity index (χ1v) is 19.7. The number of carboxylic acid groups (broad SMARTS) is 1. The lowest BCUT2D eigenvalue weighted by molar-refractivity contribution is -0.386. The van der Waals surface area contributed by atoms with Crippen molar-refractivity contribution in [2.24, 2.45) is 0 Å². The van der Waals surface area contributed by atoms with Gasteiger partial charge in [-0.2, -0.15) is 0 Å². The smallest absolute Gasteiger partial charge is 0.335 e. The SMILES string of the molecule is CCCCCC=CCC=CCCCCCCCCOc1ccc(-c2ccc(C(=O)O)cc2-c2ccc(O[C@@H](C)CCCCCC)c([N+](=O)[O-])c2)cc1. The molecule has 52 heavy (non-hydrogen) atoms. The number of benzene rings is 3. The van der Waals surface area contributed by atoms with Gasteiger partial charge in [0, 0.05) is 6.07 Å². The summed E-state index contributed by atoms with van der Waals surface area (Å²) in [6.45, 7) is 6.99. The van der Waals surface area contributed by atoms with Crippen LogP contribution in [0.5, 0.6) is 11.5 Å². The second-order valence-electron chi connectivity index (χ2n) is 13.7. The number of nitro benzene ring substituents is 1. The fraction of sp³-hybridized carbons (Fsp3) is 0.489. The molecule has 0 unspecified atom stereocenters. The van der Waals surface area contributed by atoms with Crippen LogP contribution in [-0.4, -0.2) is 28.7 Å². The van der Waals surface area contributed by atoms with Gasteiger partial charge in [0.05, 0.1) is 23.2 Å². The molecule has 0 aliphatic rings. The topological polar surface area (TPSA) is 98.9 Å². The quantitative estimate of drug-likeness (QED) is 0.0366. The number of aromatic carboxylic acids is 1. The molecule has 7 nitrogen and oxygen atoms in total. The van der Waals surface area contributed by atoms with Gasteiger partial charge in [0.2, 0.25) is 0 Å². The number of nitro groups is 1. The molecule has 0 aliphatic heterocycles. The summed E-state index contributed by atoms with van der Waals surface area (Å²) in [5.74, 6) is -0.0722. The van der Waals surface area contributed by atoms with E-state index < -0.39 is 10.9 Å². The van der Waals surface area contributed by atoms with Crippen LogP contribution in [0.4, 0.5) is 5.69 Å². The van der Waals surface area contributed by atoms with Gasteiger partial charge in [-0.3, -0.25) is 10.1 Å². The Morgan fingerprint density at radius 3 is 2.02 bits per heavy atom. The number of allylic oxidation sites excluding steroid dienone is 4. The summed E-state index contributed by atoms with van der Waals surface area (Å²) in [5.41, 5.74) is 2.74. The number of carboxylic acids is 1. The second-order valence-corrected chi connectivity index (χ2v) is 13.7. The maximum absolute atomic E-state index is 12.1. The molecule has 0 spiro atoms. The van der Waals surface area contributed by atoms with Gasteiger partial charge in [-0.1, -0.05) is 120 Å². The van der Waals surface area contributed by atoms with Crippen LogP contribution in [-0.2, 0) is 0 Å². The van der Waals surface area contributed by atoms with Crippen LogP contribution >= 0.6 is 0 Å². The highest BCUT2D eigenvalue weighted by atomic mass is 16.6. The Morgan fingerprint density at radius 1 is 0.731 bits per heavy atom. The van der Waals surface area contributed by atoms with Gasteiger partial charge in [-0.25, -0.2) is 4.79 Å². The largest absolute Gasteiger partial charge is 0.494 e. The highest BCUT2D eigenvalue weighted by Crippen LogP contribution is 2.38. The summed E-state index contributed by atoms with van der Waals surface area (Å²) in [6.07, 6.45) is 28.7. The van der Waals surface area contributed by atoms with E-state index in [2.05, 4.69) is 38.2 Å². The van der Waals surface area contributed by atoms with E-state index in [-0.39, 0.29) is 23.1 Å². The summed E-state index contributed by atoms with van der Waals surface area (Å²) in [6, 6.07) is 17.5. The Labute approximate surface area is 312 Å². The molecule has 1 N–H and O–H groups in total. The van der Waals surface area contributed by atoms with Crippen molar-refractivity contribution < 1.29 is 24.3 Å². The minimum absolute atomic E-state index is 0.107. The molecule has 3 aromatic carbocycles. The average molecular weight is 712 g/mol. The maximum atomic E-state index is 12.1. The van der Waals surface area contributed by atoms with Crippen molar-refractivity contribution in [1.29, 1.82) is 0 Å². The minimum atomic E-state index is -1.06. The van der Waals surface area contributed by atoms with Crippen molar-refractivity contribution in [2.75, 3.05) is 6.61 Å². The highest BCUT2D eigenvalue weighted by molar-refractivity contribution is 5.93. The zero-order valence-corrected chi connectivity index (χ0v) is 31.8. The van der Waals surface area contributed by atoms with Crippen LogP contribution in [0.1, 0.15) is 140 Å². The summed E-state index contributed by atoms with van der Waals surface area (Å²) in [4.78, 5) is 23.6. The molecule has 0 saturated heterocycles. The number of ether oxygens (including phenoxy) is 2. The van der Waals surface area contributed by atoms with E-state index in [1.54, 1.807) is 30.3 Å². The average Bonchev–Trinajstić information content (AvgIpc) is 3.14. The molecule has 3 rings (SSSR count). The molecule has 3 aromatic rings. The van der Waals surface area contributed by atoms with Crippen molar-refractivity contribution in [3.05, 3.63) is 101 Å². The third-order valence-electron chi connectivity index (χ3n) is 9.30. The molecule has 0 fully saturated rings. The summed E-state index contributed by atoms with van der Waals surface area (Å²) < 4.78 is 12.0. The predicted octanol–water partition coefficient (Wildman–Crippen LogP) is 13.6. The Kier molecular flexibility index (Phi) is 20.0. The van der Waals surface area contributed by atoms with E-state index in [9.17, 15) is 20.0 Å². The van der Waals surface area contributed by atoms with E-state index in [0.29, 0.717) is 17.7 Å². The lowest BCUT2D eigenvalue weighted by Crippen LogP contribution is -2.12. The number of rotatable bonds is 27. The van der Waals surface area contributed by atoms with Crippen LogP contribution in [0.25, 0.3) is 22.3 Å². The first-order valence-electron chi connectivity index (χ1n) is 19.7. The Balaban J connectivity index is 1.52. The zero-order chi connectivity index (χ0) is 37.4. The van der Waals surface area contributed by atoms with Crippen molar-refractivity contribution in [2.45, 2.75) is 136 Å². The maximum Gasteiger partial charge on any atom is 0.335 e. The van der Waals surface area contributed by atoms with Crippen LogP contribution in [0.3, 0.4) is 0 Å². The normalized spacial score (nSPS) is 12.1. The molecule has 0 radical (unpaired) electrons. The van der Waals surface area contributed by atoms with Crippen LogP contribution in [0.15, 0.2) is 85.0 Å². The summed E-state index contributed by atoms with van der Waals surface area (Å²) in [7, 11) is 0. The van der Waals surface area contributed by atoms with E-state index in [1.165, 1.54) is 57.4 Å². The first-order chi connectivity index (χ1) is 25.3. The Hall–Kier alpha value is -4.39. The number of hydrogen-bond acceptors (Lipinski definition) is 5. The van der Waals surface area contributed by atoms with Crippen LogP contribution in [0, 0.1) is 10.1 Å². The number of unbranched alkanes of at least 4 members (excludes halogenated alkanes) is 12. The van der Waals surface area contributed by atoms with E-state index in [4.69, 9.17) is 9.47 Å². The number of carbonyl (C=O) groups is 1. The molecule has 0 bridgehead atoms. The Morgan fingerprint density at radius 2 is 1.35 bits per heavy atom. The van der Waals surface area contributed by atoms with Crippen molar-refractivity contribution in [3.63, 3.8) is 0 Å².